The van der Waals surface area contributed by atoms with Crippen LogP contribution in [-0.2, 0) is 0 Å². The highest BCUT2D eigenvalue weighted by Crippen LogP contribution is 2.29. The minimum atomic E-state index is -0.0304. The summed E-state index contributed by atoms with van der Waals surface area (Å²) >= 11 is 3.15. The highest BCUT2D eigenvalue weighted by molar-refractivity contribution is 7.27. The summed E-state index contributed by atoms with van der Waals surface area (Å²) in [6.07, 6.45) is 2.14. The molecule has 102 valence electrons. The molecule has 19 heavy (non-hydrogen) atoms. The van der Waals surface area contributed by atoms with E-state index in [1.54, 1.807) is 11.3 Å². The molecule has 2 rings (SSSR count). The molecule has 7 heteroatoms. The van der Waals surface area contributed by atoms with Crippen LogP contribution in [-0.4, -0.2) is 23.5 Å². The van der Waals surface area contributed by atoms with Crippen molar-refractivity contribution in [3.63, 3.8) is 0 Å². The number of nitrogens with zero attached hydrogens (tertiary/aromatic N) is 1. The minimum absolute atomic E-state index is 0.0304. The van der Waals surface area contributed by atoms with E-state index in [2.05, 4.69) is 10.5 Å². The van der Waals surface area contributed by atoms with Crippen LogP contribution in [0.5, 0.6) is 0 Å². The Balaban J connectivity index is 1.74. The summed E-state index contributed by atoms with van der Waals surface area (Å²) in [4.78, 5) is 12.6. The average molecular weight is 297 g/mol. The maximum absolute atomic E-state index is 11.9. The zero-order valence-corrected chi connectivity index (χ0v) is 11.9. The molecule has 0 saturated carbocycles. The lowest BCUT2D eigenvalue weighted by molar-refractivity contribution is 0.0957. The van der Waals surface area contributed by atoms with Gasteiger partial charge in [0, 0.05) is 22.4 Å². The third kappa shape index (κ3) is 3.68. The fourth-order valence-electron chi connectivity index (χ4n) is 1.65. The summed E-state index contributed by atoms with van der Waals surface area (Å²) in [5.41, 5.74) is 5.35. The first-order chi connectivity index (χ1) is 9.20. The Morgan fingerprint density at radius 2 is 2.26 bits per heavy atom. The molecule has 0 aliphatic rings. The third-order valence-corrected chi connectivity index (χ3v) is 4.73. The average Bonchev–Trinajstić information content (AvgIpc) is 2.98. The number of nitrogens with two attached hydrogens (primary N) is 1. The summed E-state index contributed by atoms with van der Waals surface area (Å²) in [6.45, 7) is 0.600. The van der Waals surface area contributed by atoms with Crippen LogP contribution in [0.15, 0.2) is 22.7 Å². The minimum Gasteiger partial charge on any atom is -0.409 e. The molecule has 2 heterocycles. The number of amides is 1. The van der Waals surface area contributed by atoms with E-state index in [0.717, 1.165) is 27.1 Å². The lowest BCUT2D eigenvalue weighted by atomic mass is 10.2. The van der Waals surface area contributed by atoms with Gasteiger partial charge in [0.05, 0.1) is 4.88 Å². The predicted octanol–water partition coefficient (Wildman–Crippen LogP) is 2.61. The van der Waals surface area contributed by atoms with E-state index in [4.69, 9.17) is 10.9 Å². The molecule has 0 radical (unpaired) electrons. The smallest absolute Gasteiger partial charge is 0.261 e. The number of unbranched alkanes of at least 4 members (excludes halogenated alkanes) is 1. The highest BCUT2D eigenvalue weighted by Gasteiger charge is 2.10. The van der Waals surface area contributed by atoms with Crippen LogP contribution in [0.1, 0.15) is 28.9 Å². The van der Waals surface area contributed by atoms with Gasteiger partial charge in [-0.1, -0.05) is 5.16 Å². The summed E-state index contributed by atoms with van der Waals surface area (Å²) in [6, 6.07) is 3.95. The summed E-state index contributed by atoms with van der Waals surface area (Å²) in [7, 11) is 0. The number of carbonyl (C=O) groups is 1. The van der Waals surface area contributed by atoms with Crippen molar-refractivity contribution in [2.24, 2.45) is 10.9 Å². The molecule has 0 bridgehead atoms. The molecule has 1 amide bonds. The molecular formula is C12H15N3O2S2. The number of carbonyl (C=O) groups excluding carboxylic acids is 1. The molecule has 0 saturated heterocycles. The van der Waals surface area contributed by atoms with Crippen LogP contribution in [0, 0.1) is 0 Å². The van der Waals surface area contributed by atoms with E-state index in [9.17, 15) is 4.79 Å². The quantitative estimate of drug-likeness (QED) is 0.252. The SMILES string of the molecule is N/C(CCCCNC(=O)c1cc2sccc2s1)=N/O. The lowest BCUT2D eigenvalue weighted by Crippen LogP contribution is -2.23. The second-order valence-corrected chi connectivity index (χ2v) is 6.10. The number of fused-ring (bicyclic) bond motifs is 1. The van der Waals surface area contributed by atoms with Gasteiger partial charge in [0.25, 0.3) is 5.91 Å². The van der Waals surface area contributed by atoms with Crippen LogP contribution < -0.4 is 11.1 Å². The highest BCUT2D eigenvalue weighted by atomic mass is 32.1. The van der Waals surface area contributed by atoms with Gasteiger partial charge in [0.1, 0.15) is 5.84 Å². The van der Waals surface area contributed by atoms with Gasteiger partial charge in [0.15, 0.2) is 0 Å². The zero-order valence-electron chi connectivity index (χ0n) is 10.3. The number of hydrogen-bond acceptors (Lipinski definition) is 5. The topological polar surface area (TPSA) is 87.7 Å². The first-order valence-corrected chi connectivity index (χ1v) is 7.62. The summed E-state index contributed by atoms with van der Waals surface area (Å²) in [5, 5.41) is 16.2. The Morgan fingerprint density at radius 1 is 1.42 bits per heavy atom. The number of oxime groups is 1. The van der Waals surface area contributed by atoms with E-state index >= 15 is 0 Å². The van der Waals surface area contributed by atoms with Crippen LogP contribution in [0.3, 0.4) is 0 Å². The number of amidine groups is 1. The van der Waals surface area contributed by atoms with Gasteiger partial charge >= 0.3 is 0 Å². The van der Waals surface area contributed by atoms with Crippen molar-refractivity contribution < 1.29 is 10.0 Å². The van der Waals surface area contributed by atoms with Crippen molar-refractivity contribution in [3.05, 3.63) is 22.4 Å². The van der Waals surface area contributed by atoms with Crippen LogP contribution in [0.25, 0.3) is 9.40 Å². The van der Waals surface area contributed by atoms with Gasteiger partial charge in [0.2, 0.25) is 0 Å². The second-order valence-electron chi connectivity index (χ2n) is 4.06. The van der Waals surface area contributed by atoms with Gasteiger partial charge in [-0.15, -0.1) is 22.7 Å². The van der Waals surface area contributed by atoms with Crippen LogP contribution in [0.4, 0.5) is 0 Å². The normalized spacial score (nSPS) is 11.9. The van der Waals surface area contributed by atoms with Crippen LogP contribution >= 0.6 is 22.7 Å². The van der Waals surface area contributed by atoms with Crippen molar-refractivity contribution in [1.29, 1.82) is 0 Å². The fourth-order valence-corrected chi connectivity index (χ4v) is 3.67. The maximum atomic E-state index is 11.9. The maximum Gasteiger partial charge on any atom is 0.261 e. The molecule has 0 spiro atoms. The Kier molecular flexibility index (Phi) is 4.75. The fraction of sp³-hybridized carbons (Fsp3) is 0.333. The molecule has 0 aliphatic carbocycles. The van der Waals surface area contributed by atoms with Gasteiger partial charge in [-0.3, -0.25) is 4.79 Å². The van der Waals surface area contributed by atoms with E-state index in [-0.39, 0.29) is 11.7 Å². The van der Waals surface area contributed by atoms with Crippen molar-refractivity contribution in [1.82, 2.24) is 5.32 Å². The van der Waals surface area contributed by atoms with Gasteiger partial charge in [-0.25, -0.2) is 0 Å². The molecule has 4 N–H and O–H groups in total. The molecule has 0 aromatic carbocycles. The Labute approximate surface area is 118 Å². The molecule has 5 nitrogen and oxygen atoms in total. The molecular weight excluding hydrogens is 282 g/mol. The summed E-state index contributed by atoms with van der Waals surface area (Å²) < 4.78 is 2.31. The Morgan fingerprint density at radius 3 is 3.00 bits per heavy atom. The molecule has 2 aromatic rings. The van der Waals surface area contributed by atoms with Crippen LogP contribution in [0.2, 0.25) is 0 Å². The number of rotatable bonds is 6. The van der Waals surface area contributed by atoms with E-state index in [0.29, 0.717) is 13.0 Å². The first kappa shape index (κ1) is 13.8. The Bertz CT molecular complexity index is 560. The van der Waals surface area contributed by atoms with Crippen molar-refractivity contribution in [2.75, 3.05) is 6.54 Å². The largest absolute Gasteiger partial charge is 0.409 e. The monoisotopic (exact) mass is 297 g/mol. The van der Waals surface area contributed by atoms with E-state index in [1.807, 2.05) is 17.5 Å². The molecule has 2 aromatic heterocycles. The second kappa shape index (κ2) is 6.53. The van der Waals surface area contributed by atoms with Crippen molar-refractivity contribution >= 4 is 43.8 Å². The van der Waals surface area contributed by atoms with Gasteiger partial charge in [-0.2, -0.15) is 0 Å². The molecule has 0 unspecified atom stereocenters. The lowest BCUT2D eigenvalue weighted by Gasteiger charge is -2.03. The van der Waals surface area contributed by atoms with Crippen molar-refractivity contribution in [3.8, 4) is 0 Å². The van der Waals surface area contributed by atoms with E-state index in [1.165, 1.54) is 11.3 Å². The Hall–Kier alpha value is -1.60. The van der Waals surface area contributed by atoms with Crippen molar-refractivity contribution in [2.45, 2.75) is 19.3 Å². The number of nitrogens with one attached hydrogen (secondary N) is 1. The van der Waals surface area contributed by atoms with Gasteiger partial charge in [-0.05, 0) is 30.4 Å². The summed E-state index contributed by atoms with van der Waals surface area (Å²) in [5.74, 6) is 0.196. The van der Waals surface area contributed by atoms with E-state index < -0.39 is 0 Å². The molecule has 0 atom stereocenters. The standard InChI is InChI=1S/C12H15N3O2S2/c13-11(15-17)3-1-2-5-14-12(16)10-7-9-8(19-10)4-6-18-9/h4,6-7,17H,1-3,5H2,(H2,13,15)(H,14,16). The molecule has 0 aliphatic heterocycles. The zero-order chi connectivity index (χ0) is 13.7. The first-order valence-electron chi connectivity index (χ1n) is 5.92. The van der Waals surface area contributed by atoms with Gasteiger partial charge < -0.3 is 16.3 Å². The molecule has 0 fully saturated rings. The number of thiophene rings is 2. The number of hydrogen-bond donors (Lipinski definition) is 3. The third-order valence-electron chi connectivity index (χ3n) is 2.64. The predicted molar refractivity (Wildman–Crippen MR) is 79.3 cm³/mol.